The Morgan fingerprint density at radius 3 is 1.17 bits per heavy atom. The minimum atomic E-state index is -0.690. The molecule has 3 unspecified atom stereocenters. The van der Waals surface area contributed by atoms with Crippen molar-refractivity contribution in [1.29, 1.82) is 0 Å². The van der Waals surface area contributed by atoms with E-state index in [1.807, 2.05) is 0 Å². The first-order chi connectivity index (χ1) is 17.8. The highest BCUT2D eigenvalue weighted by atomic mass is 16.7. The normalized spacial score (nSPS) is 27.1. The third-order valence-corrected chi connectivity index (χ3v) is 6.57. The highest BCUT2D eigenvalue weighted by molar-refractivity contribution is 4.78. The van der Waals surface area contributed by atoms with Crippen LogP contribution in [0.25, 0.3) is 0 Å². The van der Waals surface area contributed by atoms with Crippen LogP contribution in [0.5, 0.6) is 0 Å². The van der Waals surface area contributed by atoms with Crippen molar-refractivity contribution in [3.8, 4) is 0 Å². The van der Waals surface area contributed by atoms with Crippen LogP contribution in [0.4, 0.5) is 0 Å². The molecule has 0 spiro atoms. The van der Waals surface area contributed by atoms with Gasteiger partial charge in [-0.25, -0.2) is 0 Å². The van der Waals surface area contributed by atoms with Crippen LogP contribution in [-0.4, -0.2) is 110 Å². The molecule has 10 nitrogen and oxygen atoms in total. The van der Waals surface area contributed by atoms with E-state index in [0.717, 1.165) is 77.6 Å². The summed E-state index contributed by atoms with van der Waals surface area (Å²) in [7, 11) is 0. The maximum absolute atomic E-state index is 10.3. The molecule has 0 saturated carbocycles. The molecule has 0 bridgehead atoms. The minimum Gasteiger partial charge on any atom is -0.396 e. The number of hydrogen-bond acceptors (Lipinski definition) is 10. The lowest BCUT2D eigenvalue weighted by Crippen LogP contribution is -2.42. The van der Waals surface area contributed by atoms with Gasteiger partial charge in [-0.2, -0.15) is 0 Å². The first-order valence-electron chi connectivity index (χ1n) is 13.8. The van der Waals surface area contributed by atoms with Gasteiger partial charge in [-0.3, -0.25) is 0 Å². The Morgan fingerprint density at radius 1 is 0.528 bits per heavy atom. The fourth-order valence-corrected chi connectivity index (χ4v) is 4.37. The molecular formula is C26H48O10. The fraction of sp³-hybridized carbons (Fsp3) is 1.00. The Balaban J connectivity index is 1.34. The van der Waals surface area contributed by atoms with Crippen LogP contribution in [0, 0.1) is 5.41 Å². The van der Waals surface area contributed by atoms with Gasteiger partial charge in [0.05, 0.1) is 71.5 Å². The Bertz CT molecular complexity index is 450. The molecule has 3 saturated heterocycles. The summed E-state index contributed by atoms with van der Waals surface area (Å²) in [6, 6.07) is 0. The zero-order chi connectivity index (χ0) is 25.2. The molecule has 36 heavy (non-hydrogen) atoms. The van der Waals surface area contributed by atoms with E-state index in [-0.39, 0.29) is 45.3 Å². The lowest BCUT2D eigenvalue weighted by atomic mass is 9.92. The number of aliphatic hydroxyl groups is 1. The average Bonchev–Trinajstić information content (AvgIpc) is 2.94. The fourth-order valence-electron chi connectivity index (χ4n) is 4.37. The van der Waals surface area contributed by atoms with Crippen molar-refractivity contribution in [3.05, 3.63) is 0 Å². The van der Waals surface area contributed by atoms with Crippen LogP contribution >= 0.6 is 0 Å². The molecule has 0 aromatic carbocycles. The van der Waals surface area contributed by atoms with Gasteiger partial charge >= 0.3 is 0 Å². The van der Waals surface area contributed by atoms with Crippen LogP contribution in [0.1, 0.15) is 57.8 Å². The molecule has 3 aliphatic rings. The number of ether oxygens (including phenoxy) is 9. The second-order valence-corrected chi connectivity index (χ2v) is 9.82. The molecule has 0 aromatic heterocycles. The third-order valence-electron chi connectivity index (χ3n) is 6.57. The Morgan fingerprint density at radius 2 is 0.889 bits per heavy atom. The highest BCUT2D eigenvalue weighted by Crippen LogP contribution is 2.20. The predicted octanol–water partition coefficient (Wildman–Crippen LogP) is 2.64. The van der Waals surface area contributed by atoms with Crippen LogP contribution in [0.2, 0.25) is 0 Å². The van der Waals surface area contributed by atoms with Gasteiger partial charge < -0.3 is 47.7 Å². The minimum absolute atomic E-state index is 0.126. The summed E-state index contributed by atoms with van der Waals surface area (Å²) in [5.74, 6) is 0. The van der Waals surface area contributed by atoms with Crippen LogP contribution in [-0.2, 0) is 42.6 Å². The first kappa shape index (κ1) is 30.1. The molecular weight excluding hydrogens is 472 g/mol. The average molecular weight is 521 g/mol. The van der Waals surface area contributed by atoms with Crippen LogP contribution < -0.4 is 0 Å². The largest absolute Gasteiger partial charge is 0.396 e. The maximum atomic E-state index is 10.3. The van der Waals surface area contributed by atoms with Crippen molar-refractivity contribution >= 4 is 0 Å². The van der Waals surface area contributed by atoms with E-state index >= 15 is 0 Å². The molecule has 10 heteroatoms. The highest BCUT2D eigenvalue weighted by Gasteiger charge is 2.31. The second-order valence-electron chi connectivity index (χ2n) is 9.82. The summed E-state index contributed by atoms with van der Waals surface area (Å²) in [6.07, 6.45) is 8.99. The molecule has 0 aromatic rings. The van der Waals surface area contributed by atoms with E-state index in [4.69, 9.17) is 42.6 Å². The van der Waals surface area contributed by atoms with Crippen molar-refractivity contribution in [1.82, 2.24) is 0 Å². The van der Waals surface area contributed by atoms with Gasteiger partial charge in [0.15, 0.2) is 18.9 Å². The Hall–Kier alpha value is -0.400. The lowest BCUT2D eigenvalue weighted by Gasteiger charge is -2.31. The summed E-state index contributed by atoms with van der Waals surface area (Å²) in [5.41, 5.74) is -0.690. The zero-order valence-electron chi connectivity index (χ0n) is 21.9. The van der Waals surface area contributed by atoms with E-state index < -0.39 is 5.41 Å². The van der Waals surface area contributed by atoms with Gasteiger partial charge in [-0.15, -0.1) is 0 Å². The van der Waals surface area contributed by atoms with Gasteiger partial charge in [0.1, 0.15) is 0 Å². The maximum Gasteiger partial charge on any atom is 0.157 e. The molecule has 212 valence electrons. The standard InChI is InChI=1S/C26H48O10/c27-19-26(20-28-13-16-34-23-7-1-4-10-31-23,21-29-14-17-35-24-8-2-5-11-32-24)22-30-15-18-36-25-9-3-6-12-33-25/h23-25,27H,1-22H2. The van der Waals surface area contributed by atoms with Crippen molar-refractivity contribution < 1.29 is 47.7 Å². The molecule has 0 aliphatic carbocycles. The van der Waals surface area contributed by atoms with E-state index in [1.54, 1.807) is 0 Å². The summed E-state index contributed by atoms with van der Waals surface area (Å²) < 4.78 is 51.6. The smallest absolute Gasteiger partial charge is 0.157 e. The summed E-state index contributed by atoms with van der Waals surface area (Å²) in [4.78, 5) is 0. The molecule has 3 aliphatic heterocycles. The summed E-state index contributed by atoms with van der Waals surface area (Å²) in [6.45, 7) is 5.55. The van der Waals surface area contributed by atoms with Gasteiger partial charge in [-0.1, -0.05) is 0 Å². The molecule has 0 amide bonds. The van der Waals surface area contributed by atoms with Gasteiger partial charge in [0.2, 0.25) is 0 Å². The van der Waals surface area contributed by atoms with Gasteiger partial charge in [-0.05, 0) is 57.8 Å². The Labute approximate surface area is 216 Å². The van der Waals surface area contributed by atoms with Crippen molar-refractivity contribution in [2.45, 2.75) is 76.7 Å². The molecule has 1 N–H and O–H groups in total. The van der Waals surface area contributed by atoms with E-state index in [0.29, 0.717) is 39.6 Å². The van der Waals surface area contributed by atoms with E-state index in [1.165, 1.54) is 0 Å². The van der Waals surface area contributed by atoms with Crippen molar-refractivity contribution in [2.75, 3.05) is 85.9 Å². The summed E-state index contributed by atoms with van der Waals surface area (Å²) in [5, 5.41) is 10.3. The zero-order valence-corrected chi connectivity index (χ0v) is 21.9. The number of hydrogen-bond donors (Lipinski definition) is 1. The lowest BCUT2D eigenvalue weighted by molar-refractivity contribution is -0.181. The topological polar surface area (TPSA) is 103 Å². The molecule has 3 atom stereocenters. The number of aliphatic hydroxyl groups excluding tert-OH is 1. The third kappa shape index (κ3) is 12.4. The monoisotopic (exact) mass is 520 g/mol. The second kappa shape index (κ2) is 18.8. The van der Waals surface area contributed by atoms with Crippen LogP contribution in [0.15, 0.2) is 0 Å². The van der Waals surface area contributed by atoms with E-state index in [2.05, 4.69) is 0 Å². The first-order valence-corrected chi connectivity index (χ1v) is 13.8. The predicted molar refractivity (Wildman–Crippen MR) is 131 cm³/mol. The van der Waals surface area contributed by atoms with Gasteiger partial charge in [0.25, 0.3) is 0 Å². The molecule has 3 rings (SSSR count). The molecule has 0 radical (unpaired) electrons. The van der Waals surface area contributed by atoms with Gasteiger partial charge in [0, 0.05) is 19.8 Å². The number of rotatable bonds is 19. The van der Waals surface area contributed by atoms with E-state index in [9.17, 15) is 5.11 Å². The van der Waals surface area contributed by atoms with Crippen molar-refractivity contribution in [3.63, 3.8) is 0 Å². The SMILES string of the molecule is OCC(COCCOC1CCCCO1)(COCCOC1CCCCO1)COCCOC1CCCCO1. The quantitative estimate of drug-likeness (QED) is 0.256. The Kier molecular flexibility index (Phi) is 15.7. The summed E-state index contributed by atoms with van der Waals surface area (Å²) >= 11 is 0. The molecule has 3 fully saturated rings. The molecule has 3 heterocycles. The van der Waals surface area contributed by atoms with Crippen molar-refractivity contribution in [2.24, 2.45) is 5.41 Å². The van der Waals surface area contributed by atoms with Crippen LogP contribution in [0.3, 0.4) is 0 Å².